The molecule has 1 atom stereocenters. The highest BCUT2D eigenvalue weighted by Crippen LogP contribution is 2.37. The topological polar surface area (TPSA) is 96.5 Å². The summed E-state index contributed by atoms with van der Waals surface area (Å²) in [5.41, 5.74) is 2.36. The molecule has 0 saturated carbocycles. The van der Waals surface area contributed by atoms with Gasteiger partial charge in [0, 0.05) is 11.3 Å². The molecule has 2 aromatic carbocycles. The van der Waals surface area contributed by atoms with Crippen LogP contribution in [0, 0.1) is 0 Å². The second-order valence-corrected chi connectivity index (χ2v) is 6.75. The van der Waals surface area contributed by atoms with Crippen LogP contribution in [0.25, 0.3) is 11.1 Å². The van der Waals surface area contributed by atoms with Crippen LogP contribution in [0.4, 0.5) is 32.4 Å². The molecule has 32 heavy (non-hydrogen) atoms. The highest BCUT2D eigenvalue weighted by molar-refractivity contribution is 6.04. The van der Waals surface area contributed by atoms with Crippen LogP contribution in [-0.2, 0) is 14.3 Å². The number of carbonyl (C=O) groups is 3. The van der Waals surface area contributed by atoms with Crippen molar-refractivity contribution in [3.05, 3.63) is 54.1 Å². The van der Waals surface area contributed by atoms with Gasteiger partial charge < -0.3 is 20.7 Å². The summed E-state index contributed by atoms with van der Waals surface area (Å²) < 4.78 is 66.3. The van der Waals surface area contributed by atoms with Gasteiger partial charge in [0.25, 0.3) is 11.8 Å². The van der Waals surface area contributed by atoms with Crippen molar-refractivity contribution in [3.63, 3.8) is 0 Å². The molecule has 3 amide bonds. The Morgan fingerprint density at radius 2 is 1.59 bits per heavy atom. The predicted octanol–water partition coefficient (Wildman–Crippen LogP) is 3.39. The van der Waals surface area contributed by atoms with Gasteiger partial charge in [-0.05, 0) is 17.2 Å². The molecule has 0 bridgehead atoms. The molecular weight excluding hydrogens is 441 g/mol. The number of hydrogen-bond acceptors (Lipinski definition) is 4. The molecule has 3 rings (SSSR count). The zero-order valence-electron chi connectivity index (χ0n) is 16.1. The SMILES string of the molecule is O=C(COC(=O)NCC(F)(F)C(F)(F)F)N[C@@H]1C(=O)Nc2ccccc2-c2ccccc21. The summed E-state index contributed by atoms with van der Waals surface area (Å²) in [6, 6.07) is 12.5. The number of alkyl halides is 5. The molecule has 1 heterocycles. The molecular formula is C20H16F5N3O4. The number of carbonyl (C=O) groups excluding carboxylic acids is 3. The molecule has 0 unspecified atom stereocenters. The van der Waals surface area contributed by atoms with Crippen LogP contribution in [0.15, 0.2) is 48.5 Å². The third-order valence-electron chi connectivity index (χ3n) is 4.52. The standard InChI is InChI=1S/C20H16F5N3O4/c21-19(22,20(23,24)25)10-26-18(31)32-9-15(29)28-16-13-7-2-1-5-11(13)12-6-3-4-8-14(12)27-17(16)30/h1-8,16H,9-10H2,(H,26,31)(H,27,30)(H,28,29)/t16-/m0/s1. The highest BCUT2D eigenvalue weighted by atomic mass is 19.4. The van der Waals surface area contributed by atoms with Gasteiger partial charge in [-0.3, -0.25) is 9.59 Å². The van der Waals surface area contributed by atoms with Gasteiger partial charge in [0.05, 0.1) is 6.54 Å². The summed E-state index contributed by atoms with van der Waals surface area (Å²) in [6.07, 6.45) is -7.50. The smallest absolute Gasteiger partial charge is 0.439 e. The second-order valence-electron chi connectivity index (χ2n) is 6.75. The average Bonchev–Trinajstić information content (AvgIpc) is 2.85. The van der Waals surface area contributed by atoms with Crippen LogP contribution in [0.2, 0.25) is 0 Å². The normalized spacial score (nSPS) is 15.5. The number of rotatable bonds is 5. The number of halogens is 5. The quantitative estimate of drug-likeness (QED) is 0.600. The van der Waals surface area contributed by atoms with Crippen molar-refractivity contribution in [2.45, 2.75) is 18.1 Å². The van der Waals surface area contributed by atoms with Crippen LogP contribution < -0.4 is 16.0 Å². The molecule has 7 nitrogen and oxygen atoms in total. The van der Waals surface area contributed by atoms with Crippen LogP contribution in [0.3, 0.4) is 0 Å². The predicted molar refractivity (Wildman–Crippen MR) is 102 cm³/mol. The number of amides is 3. The molecule has 3 N–H and O–H groups in total. The minimum absolute atomic E-state index is 0.456. The summed E-state index contributed by atoms with van der Waals surface area (Å²) in [4.78, 5) is 36.3. The van der Waals surface area contributed by atoms with Crippen LogP contribution in [0.1, 0.15) is 11.6 Å². The molecule has 0 fully saturated rings. The van der Waals surface area contributed by atoms with Crippen molar-refractivity contribution >= 4 is 23.6 Å². The third-order valence-corrected chi connectivity index (χ3v) is 4.52. The fraction of sp³-hybridized carbons (Fsp3) is 0.250. The minimum atomic E-state index is -5.85. The average molecular weight is 457 g/mol. The van der Waals surface area contributed by atoms with Gasteiger partial charge in [-0.25, -0.2) is 4.79 Å². The number of nitrogens with one attached hydrogen (secondary N) is 3. The first-order valence-electron chi connectivity index (χ1n) is 9.13. The van der Waals surface area contributed by atoms with Crippen molar-refractivity contribution in [2.24, 2.45) is 0 Å². The van der Waals surface area contributed by atoms with Crippen LogP contribution in [0.5, 0.6) is 0 Å². The number of alkyl carbamates (subject to hydrolysis) is 1. The number of fused-ring (bicyclic) bond motifs is 3. The minimum Gasteiger partial charge on any atom is -0.439 e. The number of ether oxygens (including phenoxy) is 1. The first-order chi connectivity index (χ1) is 15.0. The van der Waals surface area contributed by atoms with Crippen molar-refractivity contribution < 1.29 is 41.1 Å². The second kappa shape index (κ2) is 8.81. The van der Waals surface area contributed by atoms with Gasteiger partial charge in [-0.1, -0.05) is 42.5 Å². The molecule has 0 saturated heterocycles. The zero-order valence-corrected chi connectivity index (χ0v) is 16.1. The molecule has 1 aliphatic heterocycles. The molecule has 0 aliphatic carbocycles. The third kappa shape index (κ3) is 4.95. The van der Waals surface area contributed by atoms with E-state index in [4.69, 9.17) is 0 Å². The van der Waals surface area contributed by atoms with E-state index in [9.17, 15) is 36.3 Å². The summed E-state index contributed by atoms with van der Waals surface area (Å²) in [6.45, 7) is -3.06. The Morgan fingerprint density at radius 3 is 2.28 bits per heavy atom. The zero-order chi connectivity index (χ0) is 23.5. The number of benzene rings is 2. The van der Waals surface area contributed by atoms with E-state index in [0.717, 1.165) is 5.56 Å². The molecule has 12 heteroatoms. The van der Waals surface area contributed by atoms with Crippen LogP contribution in [-0.4, -0.2) is 43.2 Å². The molecule has 2 aromatic rings. The summed E-state index contributed by atoms with van der Waals surface area (Å²) in [5, 5.41) is 6.29. The number of para-hydroxylation sites is 1. The number of anilines is 1. The van der Waals surface area contributed by atoms with Gasteiger partial charge >= 0.3 is 18.2 Å². The first-order valence-corrected chi connectivity index (χ1v) is 9.13. The van der Waals surface area contributed by atoms with Crippen molar-refractivity contribution in [3.8, 4) is 11.1 Å². The molecule has 0 aromatic heterocycles. The Balaban J connectivity index is 1.64. The maximum Gasteiger partial charge on any atom is 0.455 e. The lowest BCUT2D eigenvalue weighted by Crippen LogP contribution is -2.47. The van der Waals surface area contributed by atoms with E-state index in [-0.39, 0.29) is 0 Å². The monoisotopic (exact) mass is 457 g/mol. The maximum absolute atomic E-state index is 12.8. The lowest BCUT2D eigenvalue weighted by atomic mass is 9.95. The van der Waals surface area contributed by atoms with E-state index in [1.165, 1.54) is 5.32 Å². The Bertz CT molecular complexity index is 1040. The van der Waals surface area contributed by atoms with E-state index in [2.05, 4.69) is 15.4 Å². The van der Waals surface area contributed by atoms with Gasteiger partial charge in [0.2, 0.25) is 0 Å². The maximum atomic E-state index is 12.8. The summed E-state index contributed by atoms with van der Waals surface area (Å²) in [7, 11) is 0. The van der Waals surface area contributed by atoms with E-state index >= 15 is 0 Å². The van der Waals surface area contributed by atoms with Gasteiger partial charge in [-0.15, -0.1) is 0 Å². The van der Waals surface area contributed by atoms with Gasteiger partial charge in [0.15, 0.2) is 6.61 Å². The molecule has 1 aliphatic rings. The van der Waals surface area contributed by atoms with Gasteiger partial charge in [-0.2, -0.15) is 22.0 Å². The Kier molecular flexibility index (Phi) is 6.32. The van der Waals surface area contributed by atoms with E-state index in [1.54, 1.807) is 48.5 Å². The highest BCUT2D eigenvalue weighted by Gasteiger charge is 2.57. The lowest BCUT2D eigenvalue weighted by Gasteiger charge is -2.20. The summed E-state index contributed by atoms with van der Waals surface area (Å²) in [5.74, 6) is -6.71. The Labute approximate surface area is 177 Å². The number of hydrogen-bond donors (Lipinski definition) is 3. The van der Waals surface area contributed by atoms with Gasteiger partial charge in [0.1, 0.15) is 6.04 Å². The van der Waals surface area contributed by atoms with Crippen molar-refractivity contribution in [1.29, 1.82) is 0 Å². The Hall–Kier alpha value is -3.70. The molecule has 170 valence electrons. The van der Waals surface area contributed by atoms with E-state index < -0.39 is 49.2 Å². The fourth-order valence-corrected chi connectivity index (χ4v) is 2.98. The van der Waals surface area contributed by atoms with Crippen molar-refractivity contribution in [2.75, 3.05) is 18.5 Å². The van der Waals surface area contributed by atoms with E-state index in [1.807, 2.05) is 0 Å². The first kappa shape index (κ1) is 23.0. The van der Waals surface area contributed by atoms with E-state index in [0.29, 0.717) is 16.8 Å². The molecule has 0 radical (unpaired) electrons. The Morgan fingerprint density at radius 1 is 0.969 bits per heavy atom. The summed E-state index contributed by atoms with van der Waals surface area (Å²) >= 11 is 0. The molecule has 0 spiro atoms. The largest absolute Gasteiger partial charge is 0.455 e. The van der Waals surface area contributed by atoms with Crippen molar-refractivity contribution in [1.82, 2.24) is 10.6 Å². The lowest BCUT2D eigenvalue weighted by molar-refractivity contribution is -0.278. The van der Waals surface area contributed by atoms with Crippen LogP contribution >= 0.6 is 0 Å². The fourth-order valence-electron chi connectivity index (χ4n) is 2.98.